The van der Waals surface area contributed by atoms with Gasteiger partial charge in [0.2, 0.25) is 0 Å². The normalized spacial score (nSPS) is 42.9. The molecule has 1 saturated carbocycles. The van der Waals surface area contributed by atoms with Gasteiger partial charge < -0.3 is 0 Å². The zero-order valence-corrected chi connectivity index (χ0v) is 8.79. The van der Waals surface area contributed by atoms with Crippen molar-refractivity contribution in [1.82, 2.24) is 0 Å². The molecule has 0 aromatic carbocycles. The summed E-state index contributed by atoms with van der Waals surface area (Å²) in [5, 5.41) is 0.608. The molecule has 0 nitrogen and oxygen atoms in total. The van der Waals surface area contributed by atoms with Gasteiger partial charge in [-0.15, -0.1) is 23.2 Å². The van der Waals surface area contributed by atoms with E-state index in [1.165, 1.54) is 6.42 Å². The second-order valence-electron chi connectivity index (χ2n) is 2.80. The Bertz CT molecular complexity index is 108. The molecule has 10 heavy (non-hydrogen) atoms. The Hall–Kier alpha value is 1.06. The first-order chi connectivity index (χ1) is 4.70. The van der Waals surface area contributed by atoms with Crippen LogP contribution < -0.4 is 0 Å². The van der Waals surface area contributed by atoms with Crippen LogP contribution in [0.4, 0.5) is 0 Å². The van der Waals surface area contributed by atoms with Gasteiger partial charge in [0.25, 0.3) is 0 Å². The maximum Gasteiger partial charge on any atom is 0.0461 e. The summed E-state index contributed by atoms with van der Waals surface area (Å²) >= 11 is 15.6. The first kappa shape index (κ1) is 9.15. The van der Waals surface area contributed by atoms with Crippen molar-refractivity contribution in [2.45, 2.75) is 41.3 Å². The lowest BCUT2D eigenvalue weighted by atomic mass is 10.2. The number of alkyl halides is 3. The zero-order chi connectivity index (χ0) is 7.56. The van der Waals surface area contributed by atoms with Crippen molar-refractivity contribution in [1.29, 1.82) is 0 Å². The van der Waals surface area contributed by atoms with Crippen molar-refractivity contribution in [2.24, 2.45) is 0 Å². The lowest BCUT2D eigenvalue weighted by Crippen LogP contribution is -2.14. The van der Waals surface area contributed by atoms with Crippen LogP contribution >= 0.6 is 39.1 Å². The van der Waals surface area contributed by atoms with Crippen molar-refractivity contribution in [3.8, 4) is 0 Å². The summed E-state index contributed by atoms with van der Waals surface area (Å²) in [6, 6.07) is 0. The highest BCUT2D eigenvalue weighted by Crippen LogP contribution is 2.29. The molecular formula is C7H11BrCl2. The predicted octanol–water partition coefficient (Wildman–Crippen LogP) is 3.54. The van der Waals surface area contributed by atoms with Crippen LogP contribution in [-0.4, -0.2) is 15.6 Å². The highest BCUT2D eigenvalue weighted by molar-refractivity contribution is 9.09. The third kappa shape index (κ3) is 2.60. The Balaban J connectivity index is 2.41. The van der Waals surface area contributed by atoms with Gasteiger partial charge >= 0.3 is 0 Å². The summed E-state index contributed by atoms with van der Waals surface area (Å²) in [6.45, 7) is 0. The topological polar surface area (TPSA) is 0 Å². The summed E-state index contributed by atoms with van der Waals surface area (Å²) < 4.78 is 0. The standard InChI is InChI=1S/C7H11BrCl2/c8-6-4-5(9)2-1-3-7(6)10/h5-7H,1-4H2. The molecule has 1 rings (SSSR count). The summed E-state index contributed by atoms with van der Waals surface area (Å²) in [5.74, 6) is 0. The number of halogens is 3. The van der Waals surface area contributed by atoms with Crippen LogP contribution in [0.25, 0.3) is 0 Å². The number of rotatable bonds is 0. The smallest absolute Gasteiger partial charge is 0.0461 e. The Kier molecular flexibility index (Phi) is 3.82. The van der Waals surface area contributed by atoms with Crippen molar-refractivity contribution in [3.05, 3.63) is 0 Å². The van der Waals surface area contributed by atoms with Gasteiger partial charge in [-0.1, -0.05) is 22.4 Å². The molecule has 3 heteroatoms. The van der Waals surface area contributed by atoms with E-state index in [1.807, 2.05) is 0 Å². The van der Waals surface area contributed by atoms with Crippen LogP contribution in [0.15, 0.2) is 0 Å². The molecule has 0 bridgehead atoms. The minimum Gasteiger partial charge on any atom is -0.123 e. The minimum atomic E-state index is 0.281. The Morgan fingerprint density at radius 3 is 2.60 bits per heavy atom. The maximum absolute atomic E-state index is 6.03. The fraction of sp³-hybridized carbons (Fsp3) is 1.00. The van der Waals surface area contributed by atoms with Crippen LogP contribution in [0.2, 0.25) is 0 Å². The third-order valence-corrected chi connectivity index (χ3v) is 4.11. The average molecular weight is 246 g/mol. The van der Waals surface area contributed by atoms with Crippen molar-refractivity contribution in [3.63, 3.8) is 0 Å². The fourth-order valence-electron chi connectivity index (χ4n) is 1.23. The van der Waals surface area contributed by atoms with Gasteiger partial charge in [-0.05, 0) is 19.3 Å². The summed E-state index contributed by atoms with van der Waals surface area (Å²) in [5.41, 5.74) is 0. The maximum atomic E-state index is 6.03. The van der Waals surface area contributed by atoms with Crippen molar-refractivity contribution < 1.29 is 0 Å². The molecule has 0 aromatic rings. The van der Waals surface area contributed by atoms with Gasteiger partial charge in [-0.3, -0.25) is 0 Å². The first-order valence-corrected chi connectivity index (χ1v) is 5.41. The second kappa shape index (κ2) is 4.18. The van der Waals surface area contributed by atoms with Gasteiger partial charge in [0, 0.05) is 15.6 Å². The molecule has 0 spiro atoms. The van der Waals surface area contributed by atoms with Gasteiger partial charge in [-0.2, -0.15) is 0 Å². The van der Waals surface area contributed by atoms with Gasteiger partial charge in [0.05, 0.1) is 0 Å². The van der Waals surface area contributed by atoms with Crippen LogP contribution in [0.5, 0.6) is 0 Å². The molecule has 60 valence electrons. The van der Waals surface area contributed by atoms with Gasteiger partial charge in [-0.25, -0.2) is 0 Å². The summed E-state index contributed by atoms with van der Waals surface area (Å²) in [4.78, 5) is 0.416. The van der Waals surface area contributed by atoms with E-state index in [0.717, 1.165) is 19.3 Å². The Morgan fingerprint density at radius 1 is 1.20 bits per heavy atom. The fourth-order valence-corrected chi connectivity index (χ4v) is 2.76. The molecule has 0 N–H and O–H groups in total. The molecular weight excluding hydrogens is 235 g/mol. The third-order valence-electron chi connectivity index (χ3n) is 1.87. The molecule has 0 saturated heterocycles. The predicted molar refractivity (Wildman–Crippen MR) is 50.5 cm³/mol. The first-order valence-electron chi connectivity index (χ1n) is 3.62. The van der Waals surface area contributed by atoms with E-state index in [1.54, 1.807) is 0 Å². The quantitative estimate of drug-likeness (QED) is 0.453. The highest BCUT2D eigenvalue weighted by atomic mass is 79.9. The number of hydrogen-bond donors (Lipinski definition) is 0. The van der Waals surface area contributed by atoms with Gasteiger partial charge in [0.15, 0.2) is 0 Å². The molecule has 0 aromatic heterocycles. The van der Waals surface area contributed by atoms with Crippen molar-refractivity contribution >= 4 is 39.1 Å². The zero-order valence-electron chi connectivity index (χ0n) is 5.69. The Morgan fingerprint density at radius 2 is 1.90 bits per heavy atom. The van der Waals surface area contributed by atoms with E-state index >= 15 is 0 Å². The monoisotopic (exact) mass is 244 g/mol. The summed E-state index contributed by atoms with van der Waals surface area (Å²) in [6.07, 6.45) is 4.40. The van der Waals surface area contributed by atoms with E-state index in [-0.39, 0.29) is 5.38 Å². The van der Waals surface area contributed by atoms with Crippen LogP contribution in [0.3, 0.4) is 0 Å². The van der Waals surface area contributed by atoms with Crippen molar-refractivity contribution in [2.75, 3.05) is 0 Å². The highest BCUT2D eigenvalue weighted by Gasteiger charge is 2.23. The second-order valence-corrected chi connectivity index (χ2v) is 5.15. The molecule has 0 heterocycles. The van der Waals surface area contributed by atoms with Gasteiger partial charge in [0.1, 0.15) is 0 Å². The SMILES string of the molecule is ClC1CCCC(Cl)C(Br)C1. The molecule has 3 unspecified atom stereocenters. The largest absolute Gasteiger partial charge is 0.123 e. The van der Waals surface area contributed by atoms with E-state index in [4.69, 9.17) is 23.2 Å². The van der Waals surface area contributed by atoms with Crippen LogP contribution in [0.1, 0.15) is 25.7 Å². The molecule has 0 aliphatic heterocycles. The molecule has 0 radical (unpaired) electrons. The van der Waals surface area contributed by atoms with Crippen LogP contribution in [-0.2, 0) is 0 Å². The molecule has 1 fully saturated rings. The minimum absolute atomic E-state index is 0.281. The molecule has 3 atom stereocenters. The molecule has 0 amide bonds. The van der Waals surface area contributed by atoms with Crippen LogP contribution in [0, 0.1) is 0 Å². The molecule has 1 aliphatic rings. The Labute approximate surface area is 80.4 Å². The average Bonchev–Trinajstić information content (AvgIpc) is 1.96. The van der Waals surface area contributed by atoms with E-state index in [9.17, 15) is 0 Å². The number of hydrogen-bond acceptors (Lipinski definition) is 0. The van der Waals surface area contributed by atoms with E-state index in [2.05, 4.69) is 15.9 Å². The lowest BCUT2D eigenvalue weighted by Gasteiger charge is -2.12. The van der Waals surface area contributed by atoms with E-state index in [0.29, 0.717) is 10.2 Å². The van der Waals surface area contributed by atoms with E-state index < -0.39 is 0 Å². The molecule has 1 aliphatic carbocycles. The lowest BCUT2D eigenvalue weighted by molar-refractivity contribution is 0.709. The summed E-state index contributed by atoms with van der Waals surface area (Å²) in [7, 11) is 0.